The fourth-order valence-electron chi connectivity index (χ4n) is 3.64. The van der Waals surface area contributed by atoms with Crippen molar-refractivity contribution in [2.24, 2.45) is 5.92 Å². The lowest BCUT2D eigenvalue weighted by molar-refractivity contribution is -0.185. The number of hydrogen-bond acceptors (Lipinski definition) is 4. The Bertz CT molecular complexity index is 330. The predicted octanol–water partition coefficient (Wildman–Crippen LogP) is 0.903. The number of rotatable bonds is 2. The number of amides is 1. The third-order valence-electron chi connectivity index (χ3n) is 4.78. The molecule has 2 aliphatic heterocycles. The van der Waals surface area contributed by atoms with Crippen molar-refractivity contribution >= 4 is 5.91 Å². The first-order valence-electron chi connectivity index (χ1n) is 7.43. The van der Waals surface area contributed by atoms with E-state index in [4.69, 9.17) is 9.47 Å². The molecule has 0 aromatic carbocycles. The highest BCUT2D eigenvalue weighted by Crippen LogP contribution is 2.39. The first kappa shape index (κ1) is 13.3. The Kier molecular flexibility index (Phi) is 3.78. The Labute approximate surface area is 113 Å². The summed E-state index contributed by atoms with van der Waals surface area (Å²) in [7, 11) is 0. The molecule has 1 saturated carbocycles. The molecule has 3 fully saturated rings. The number of carbonyl (C=O) groups excluding carboxylic acids is 1. The molecule has 3 aliphatic rings. The van der Waals surface area contributed by atoms with Crippen LogP contribution in [0.4, 0.5) is 0 Å². The van der Waals surface area contributed by atoms with Crippen LogP contribution >= 0.6 is 0 Å². The third-order valence-corrected chi connectivity index (χ3v) is 4.78. The fourth-order valence-corrected chi connectivity index (χ4v) is 3.64. The van der Waals surface area contributed by atoms with Crippen molar-refractivity contribution in [1.29, 1.82) is 0 Å². The largest absolute Gasteiger partial charge is 0.394 e. The van der Waals surface area contributed by atoms with E-state index in [1.807, 2.05) is 4.90 Å². The molecule has 1 atom stereocenters. The highest BCUT2D eigenvalue weighted by molar-refractivity contribution is 5.79. The number of ether oxygens (including phenoxy) is 2. The number of aliphatic hydroxyl groups is 1. The topological polar surface area (TPSA) is 59.0 Å². The Hall–Kier alpha value is -0.650. The van der Waals surface area contributed by atoms with Crippen molar-refractivity contribution in [3.05, 3.63) is 0 Å². The van der Waals surface area contributed by atoms with Crippen molar-refractivity contribution in [3.63, 3.8) is 0 Å². The summed E-state index contributed by atoms with van der Waals surface area (Å²) in [4.78, 5) is 14.4. The summed E-state index contributed by atoms with van der Waals surface area (Å²) in [6.07, 6.45) is 5.27. The van der Waals surface area contributed by atoms with Crippen LogP contribution in [0.15, 0.2) is 0 Å². The van der Waals surface area contributed by atoms with Crippen LogP contribution < -0.4 is 0 Å². The minimum Gasteiger partial charge on any atom is -0.394 e. The van der Waals surface area contributed by atoms with E-state index in [1.54, 1.807) is 0 Å². The molecule has 19 heavy (non-hydrogen) atoms. The van der Waals surface area contributed by atoms with Crippen molar-refractivity contribution in [3.8, 4) is 0 Å². The van der Waals surface area contributed by atoms with Gasteiger partial charge in [-0.15, -0.1) is 0 Å². The van der Waals surface area contributed by atoms with E-state index in [9.17, 15) is 9.90 Å². The van der Waals surface area contributed by atoms with Gasteiger partial charge in [0, 0.05) is 25.3 Å². The van der Waals surface area contributed by atoms with Crippen LogP contribution in [-0.2, 0) is 14.3 Å². The average molecular weight is 269 g/mol. The van der Waals surface area contributed by atoms with E-state index in [1.165, 1.54) is 0 Å². The lowest BCUT2D eigenvalue weighted by atomic mass is 9.84. The Balaban J connectivity index is 1.57. The third kappa shape index (κ3) is 2.51. The molecule has 0 radical (unpaired) electrons. The van der Waals surface area contributed by atoms with Gasteiger partial charge < -0.3 is 19.5 Å². The van der Waals surface area contributed by atoms with Crippen LogP contribution in [0, 0.1) is 5.92 Å². The Morgan fingerprint density at radius 1 is 1.21 bits per heavy atom. The van der Waals surface area contributed by atoms with Gasteiger partial charge in [-0.25, -0.2) is 0 Å². The first-order valence-corrected chi connectivity index (χ1v) is 7.43. The number of carbonyl (C=O) groups is 1. The van der Waals surface area contributed by atoms with Gasteiger partial charge in [-0.05, 0) is 25.7 Å². The van der Waals surface area contributed by atoms with E-state index < -0.39 is 5.79 Å². The minimum absolute atomic E-state index is 0.0439. The molecule has 1 aliphatic carbocycles. The van der Waals surface area contributed by atoms with Crippen LogP contribution in [0.1, 0.15) is 38.5 Å². The number of likely N-dealkylation sites (tertiary alicyclic amines) is 1. The zero-order valence-corrected chi connectivity index (χ0v) is 11.3. The van der Waals surface area contributed by atoms with Gasteiger partial charge in [-0.1, -0.05) is 0 Å². The maximum Gasteiger partial charge on any atom is 0.226 e. The minimum atomic E-state index is -0.391. The molecule has 1 N–H and O–H groups in total. The standard InChI is InChI=1S/C14H23NO4/c16-10-12-2-1-7-15(12)13(17)11-3-5-14(6-4-11)18-8-9-19-14/h11-12,16H,1-10H2. The fraction of sp³-hybridized carbons (Fsp3) is 0.929. The van der Waals surface area contributed by atoms with E-state index in [2.05, 4.69) is 0 Å². The van der Waals surface area contributed by atoms with E-state index in [0.29, 0.717) is 13.2 Å². The summed E-state index contributed by atoms with van der Waals surface area (Å²) in [5.41, 5.74) is 0. The maximum atomic E-state index is 12.5. The summed E-state index contributed by atoms with van der Waals surface area (Å²) in [6.45, 7) is 2.25. The van der Waals surface area contributed by atoms with Crippen molar-refractivity contribution < 1.29 is 19.4 Å². The Morgan fingerprint density at radius 3 is 2.53 bits per heavy atom. The summed E-state index contributed by atoms with van der Waals surface area (Å²) in [5, 5.41) is 9.32. The van der Waals surface area contributed by atoms with Crippen LogP contribution in [-0.4, -0.2) is 54.1 Å². The van der Waals surface area contributed by atoms with E-state index >= 15 is 0 Å². The molecule has 108 valence electrons. The van der Waals surface area contributed by atoms with Gasteiger partial charge >= 0.3 is 0 Å². The summed E-state index contributed by atoms with van der Waals surface area (Å²) >= 11 is 0. The number of nitrogens with zero attached hydrogens (tertiary/aromatic N) is 1. The van der Waals surface area contributed by atoms with Crippen LogP contribution in [0.2, 0.25) is 0 Å². The molecule has 2 heterocycles. The van der Waals surface area contributed by atoms with Gasteiger partial charge in [0.15, 0.2) is 5.79 Å². The monoisotopic (exact) mass is 269 g/mol. The predicted molar refractivity (Wildman–Crippen MR) is 68.4 cm³/mol. The molecule has 1 amide bonds. The van der Waals surface area contributed by atoms with Gasteiger partial charge in [-0.2, -0.15) is 0 Å². The molecule has 3 rings (SSSR count). The molecule has 0 aromatic heterocycles. The lowest BCUT2D eigenvalue weighted by Gasteiger charge is -2.37. The van der Waals surface area contributed by atoms with Crippen molar-refractivity contribution in [2.75, 3.05) is 26.4 Å². The normalized spacial score (nSPS) is 31.2. The quantitative estimate of drug-likeness (QED) is 0.809. The summed E-state index contributed by atoms with van der Waals surface area (Å²) in [6, 6.07) is 0.0439. The highest BCUT2D eigenvalue weighted by atomic mass is 16.7. The molecular formula is C14H23NO4. The molecule has 1 spiro atoms. The summed E-state index contributed by atoms with van der Waals surface area (Å²) in [5.74, 6) is -0.0759. The lowest BCUT2D eigenvalue weighted by Crippen LogP contribution is -2.44. The molecule has 5 heteroatoms. The van der Waals surface area contributed by atoms with E-state index in [-0.39, 0.29) is 24.5 Å². The van der Waals surface area contributed by atoms with Crippen LogP contribution in [0.25, 0.3) is 0 Å². The van der Waals surface area contributed by atoms with Gasteiger partial charge in [-0.3, -0.25) is 4.79 Å². The zero-order valence-electron chi connectivity index (χ0n) is 11.3. The second kappa shape index (κ2) is 5.38. The molecule has 0 aromatic rings. The summed E-state index contributed by atoms with van der Waals surface area (Å²) < 4.78 is 11.4. The molecule has 1 unspecified atom stereocenters. The SMILES string of the molecule is O=C(C1CCC2(CC1)OCCO2)N1CCCC1CO. The Morgan fingerprint density at radius 2 is 1.89 bits per heavy atom. The smallest absolute Gasteiger partial charge is 0.226 e. The zero-order chi connectivity index (χ0) is 13.3. The first-order chi connectivity index (χ1) is 9.24. The van der Waals surface area contributed by atoms with Crippen LogP contribution in [0.3, 0.4) is 0 Å². The average Bonchev–Trinajstić information content (AvgIpc) is 3.08. The van der Waals surface area contributed by atoms with Gasteiger partial charge in [0.1, 0.15) is 0 Å². The van der Waals surface area contributed by atoms with Gasteiger partial charge in [0.05, 0.1) is 25.9 Å². The van der Waals surface area contributed by atoms with Crippen molar-refractivity contribution in [1.82, 2.24) is 4.90 Å². The molecule has 0 bridgehead atoms. The van der Waals surface area contributed by atoms with Crippen molar-refractivity contribution in [2.45, 2.75) is 50.4 Å². The van der Waals surface area contributed by atoms with Crippen LogP contribution in [0.5, 0.6) is 0 Å². The van der Waals surface area contributed by atoms with Gasteiger partial charge in [0.25, 0.3) is 0 Å². The van der Waals surface area contributed by atoms with E-state index in [0.717, 1.165) is 45.1 Å². The molecular weight excluding hydrogens is 246 g/mol. The molecule has 5 nitrogen and oxygen atoms in total. The van der Waals surface area contributed by atoms with Gasteiger partial charge in [0.2, 0.25) is 5.91 Å². The highest BCUT2D eigenvalue weighted by Gasteiger charge is 2.43. The number of hydrogen-bond donors (Lipinski definition) is 1. The second-order valence-corrected chi connectivity index (χ2v) is 5.89. The second-order valence-electron chi connectivity index (χ2n) is 5.89. The molecule has 2 saturated heterocycles. The maximum absolute atomic E-state index is 12.5. The number of aliphatic hydroxyl groups excluding tert-OH is 1.